The van der Waals surface area contributed by atoms with E-state index in [1.54, 1.807) is 6.08 Å². The van der Waals surface area contributed by atoms with Crippen molar-refractivity contribution in [2.45, 2.75) is 346 Å². The molecule has 11 nitrogen and oxygen atoms in total. The molecule has 6 N–H and O–H groups in total. The van der Waals surface area contributed by atoms with Gasteiger partial charge in [0.15, 0.2) is 6.29 Å². The van der Waals surface area contributed by atoms with Gasteiger partial charge in [-0.05, 0) is 84.0 Å². The topological polar surface area (TPSA) is 175 Å². The maximum atomic E-state index is 13.0. The lowest BCUT2D eigenvalue weighted by Crippen LogP contribution is -2.60. The molecule has 1 amide bonds. The minimum absolute atomic E-state index is 0.00470. The molecule has 7 atom stereocenters. The highest BCUT2D eigenvalue weighted by atomic mass is 16.7. The highest BCUT2D eigenvalue weighted by Crippen LogP contribution is 2.23. The molecular formula is C69H125NO10. The summed E-state index contributed by atoms with van der Waals surface area (Å²) in [5, 5.41) is 54.2. The van der Waals surface area contributed by atoms with Crippen LogP contribution in [-0.4, -0.2) is 100 Å². The van der Waals surface area contributed by atoms with E-state index in [-0.39, 0.29) is 18.5 Å². The van der Waals surface area contributed by atoms with Gasteiger partial charge in [-0.2, -0.15) is 0 Å². The van der Waals surface area contributed by atoms with Gasteiger partial charge in [0.1, 0.15) is 24.4 Å². The van der Waals surface area contributed by atoms with Crippen LogP contribution >= 0.6 is 0 Å². The van der Waals surface area contributed by atoms with Gasteiger partial charge in [-0.25, -0.2) is 0 Å². The first-order valence-corrected chi connectivity index (χ1v) is 33.5. The standard InChI is InChI=1S/C69H125NO10/c1-3-5-7-9-11-13-14-15-34-37-41-45-49-53-57-65(74)78-58-54-50-46-42-38-35-32-30-28-26-24-22-20-18-16-17-19-21-23-25-27-29-31-33-36-40-44-48-52-56-64(73)70-61(62(72)55-51-47-43-39-12-10-8-6-4-2)60-79-69-68(77)67(76)66(75)63(59-71)80-69/h4,6,12,16,18,22,24,39,51,55,61-63,66-69,71-72,75-77H,3,5,7-11,13-15,17,19-21,23,25-38,40-50,52-54,56-60H2,1-2H3,(H,70,73)/b6-4+,18-16-,24-22-,39-12+,55-51+. The normalized spacial score (nSPS) is 18.7. The molecule has 1 heterocycles. The SMILES string of the molecule is C/C=C/CC/C=C/CC/C=C/C(O)C(COC1OC(CO)C(O)C(O)C1O)NC(=O)CCCCCCCCCCCCCCC/C=C\C/C=C\CCCCCCCCCCCOC(=O)CCCCCCCCCCCCCCCC. The number of allylic oxidation sites excluding steroid dienone is 9. The molecule has 1 saturated heterocycles. The van der Waals surface area contributed by atoms with Crippen LogP contribution in [0.25, 0.3) is 0 Å². The third-order valence-electron chi connectivity index (χ3n) is 15.7. The number of aliphatic hydroxyl groups excluding tert-OH is 5. The van der Waals surface area contributed by atoms with E-state index < -0.39 is 49.5 Å². The Bertz CT molecular complexity index is 1510. The Labute approximate surface area is 490 Å². The van der Waals surface area contributed by atoms with E-state index in [4.69, 9.17) is 14.2 Å². The van der Waals surface area contributed by atoms with Gasteiger partial charge < -0.3 is 45.1 Å². The third-order valence-corrected chi connectivity index (χ3v) is 15.7. The number of unbranched alkanes of at least 4 members (excludes halogenated alkanes) is 37. The van der Waals surface area contributed by atoms with Crippen molar-refractivity contribution < 1.29 is 49.3 Å². The van der Waals surface area contributed by atoms with E-state index in [1.165, 1.54) is 205 Å². The van der Waals surface area contributed by atoms with Crippen molar-refractivity contribution in [3.05, 3.63) is 60.8 Å². The van der Waals surface area contributed by atoms with Crippen LogP contribution in [0, 0.1) is 0 Å². The van der Waals surface area contributed by atoms with Crippen molar-refractivity contribution in [3.63, 3.8) is 0 Å². The molecule has 0 spiro atoms. The first-order valence-electron chi connectivity index (χ1n) is 33.5. The zero-order valence-electron chi connectivity index (χ0n) is 51.5. The van der Waals surface area contributed by atoms with Crippen molar-refractivity contribution in [2.75, 3.05) is 19.8 Å². The van der Waals surface area contributed by atoms with E-state index in [1.807, 2.05) is 19.1 Å². The largest absolute Gasteiger partial charge is 0.466 e. The monoisotopic (exact) mass is 1130 g/mol. The molecule has 1 aliphatic rings. The number of carbonyl (C=O) groups is 2. The van der Waals surface area contributed by atoms with Crippen molar-refractivity contribution in [1.82, 2.24) is 5.32 Å². The Morgan fingerprint density at radius 2 is 0.900 bits per heavy atom. The van der Waals surface area contributed by atoms with E-state index in [0.717, 1.165) is 70.6 Å². The maximum absolute atomic E-state index is 13.0. The summed E-state index contributed by atoms with van der Waals surface area (Å²) in [4.78, 5) is 25.1. The molecule has 7 unspecified atom stereocenters. The quantitative estimate of drug-likeness (QED) is 0.0195. The molecule has 1 fully saturated rings. The molecule has 0 aromatic carbocycles. The number of amides is 1. The average molecular weight is 1130 g/mol. The highest BCUT2D eigenvalue weighted by Gasteiger charge is 2.44. The highest BCUT2D eigenvalue weighted by molar-refractivity contribution is 5.76. The molecule has 466 valence electrons. The first-order chi connectivity index (χ1) is 39.2. The number of hydrogen-bond acceptors (Lipinski definition) is 10. The Hall–Kier alpha value is -2.64. The predicted molar refractivity (Wildman–Crippen MR) is 333 cm³/mol. The van der Waals surface area contributed by atoms with Crippen molar-refractivity contribution in [1.29, 1.82) is 0 Å². The van der Waals surface area contributed by atoms with Crippen LogP contribution in [0.1, 0.15) is 303 Å². The van der Waals surface area contributed by atoms with E-state index in [9.17, 15) is 35.1 Å². The Kier molecular flexibility index (Phi) is 54.8. The van der Waals surface area contributed by atoms with Gasteiger partial charge >= 0.3 is 5.97 Å². The summed E-state index contributed by atoms with van der Waals surface area (Å²) in [7, 11) is 0. The Balaban J connectivity index is 1.95. The number of nitrogens with one attached hydrogen (secondary N) is 1. The predicted octanol–water partition coefficient (Wildman–Crippen LogP) is 16.6. The summed E-state index contributed by atoms with van der Waals surface area (Å²) in [5.41, 5.74) is 0. The molecule has 1 aliphatic heterocycles. The van der Waals surface area contributed by atoms with Crippen LogP contribution in [-0.2, 0) is 23.8 Å². The summed E-state index contributed by atoms with van der Waals surface area (Å²) in [5.74, 6) is -0.196. The lowest BCUT2D eigenvalue weighted by molar-refractivity contribution is -0.302. The average Bonchev–Trinajstić information content (AvgIpc) is 3.45. The summed E-state index contributed by atoms with van der Waals surface area (Å²) < 4.78 is 16.7. The molecule has 80 heavy (non-hydrogen) atoms. The summed E-state index contributed by atoms with van der Waals surface area (Å²) in [6, 6.07) is -0.835. The molecule has 0 aromatic heterocycles. The lowest BCUT2D eigenvalue weighted by Gasteiger charge is -2.40. The van der Waals surface area contributed by atoms with Gasteiger partial charge in [0.25, 0.3) is 0 Å². The second-order valence-electron chi connectivity index (χ2n) is 23.2. The van der Waals surface area contributed by atoms with Crippen LogP contribution in [0.3, 0.4) is 0 Å². The molecule has 0 bridgehead atoms. The minimum Gasteiger partial charge on any atom is -0.466 e. The van der Waals surface area contributed by atoms with Gasteiger partial charge in [-0.1, -0.05) is 267 Å². The zero-order chi connectivity index (χ0) is 58.0. The van der Waals surface area contributed by atoms with Crippen LogP contribution in [0.15, 0.2) is 60.8 Å². The number of rotatable bonds is 58. The van der Waals surface area contributed by atoms with Gasteiger partial charge in [-0.15, -0.1) is 0 Å². The Morgan fingerprint density at radius 3 is 1.38 bits per heavy atom. The molecule has 0 saturated carbocycles. The van der Waals surface area contributed by atoms with Gasteiger partial charge in [-0.3, -0.25) is 9.59 Å². The molecule has 0 aliphatic carbocycles. The number of hydrogen-bond donors (Lipinski definition) is 6. The lowest BCUT2D eigenvalue weighted by atomic mass is 9.99. The van der Waals surface area contributed by atoms with E-state index >= 15 is 0 Å². The fourth-order valence-electron chi connectivity index (χ4n) is 10.4. The number of ether oxygens (including phenoxy) is 3. The molecular weight excluding hydrogens is 1000 g/mol. The summed E-state index contributed by atoms with van der Waals surface area (Å²) in [6.45, 7) is 4.10. The third kappa shape index (κ3) is 46.8. The second kappa shape index (κ2) is 58.1. The fraction of sp³-hybridized carbons (Fsp3) is 0.826. The van der Waals surface area contributed by atoms with Crippen LogP contribution < -0.4 is 5.32 Å². The number of aliphatic hydroxyl groups is 5. The first kappa shape index (κ1) is 75.4. The van der Waals surface area contributed by atoms with E-state index in [0.29, 0.717) is 19.4 Å². The van der Waals surface area contributed by atoms with E-state index in [2.05, 4.69) is 54.8 Å². The maximum Gasteiger partial charge on any atom is 0.305 e. The fourth-order valence-corrected chi connectivity index (χ4v) is 10.4. The molecule has 11 heteroatoms. The van der Waals surface area contributed by atoms with Crippen molar-refractivity contribution in [2.24, 2.45) is 0 Å². The molecule has 1 rings (SSSR count). The van der Waals surface area contributed by atoms with Gasteiger partial charge in [0, 0.05) is 12.8 Å². The van der Waals surface area contributed by atoms with Crippen LogP contribution in [0.5, 0.6) is 0 Å². The Morgan fingerprint density at radius 1 is 0.487 bits per heavy atom. The smallest absolute Gasteiger partial charge is 0.305 e. The van der Waals surface area contributed by atoms with Gasteiger partial charge in [0.2, 0.25) is 5.91 Å². The van der Waals surface area contributed by atoms with Gasteiger partial charge in [0.05, 0.1) is 32.0 Å². The second-order valence-corrected chi connectivity index (χ2v) is 23.2. The number of esters is 1. The van der Waals surface area contributed by atoms with Crippen molar-refractivity contribution in [3.8, 4) is 0 Å². The van der Waals surface area contributed by atoms with Crippen molar-refractivity contribution >= 4 is 11.9 Å². The summed E-state index contributed by atoms with van der Waals surface area (Å²) in [6.07, 6.45) is 66.7. The van der Waals surface area contributed by atoms with Crippen LogP contribution in [0.2, 0.25) is 0 Å². The van der Waals surface area contributed by atoms with Crippen LogP contribution in [0.4, 0.5) is 0 Å². The summed E-state index contributed by atoms with van der Waals surface area (Å²) >= 11 is 0. The molecule has 0 aromatic rings. The zero-order valence-corrected chi connectivity index (χ0v) is 51.5. The molecule has 0 radical (unpaired) electrons. The number of carbonyl (C=O) groups excluding carboxylic acids is 2. The minimum atomic E-state index is -1.58.